The van der Waals surface area contributed by atoms with Crippen molar-refractivity contribution in [2.75, 3.05) is 38.6 Å². The summed E-state index contributed by atoms with van der Waals surface area (Å²) in [5, 5.41) is 2.69. The molecule has 1 aromatic rings. The van der Waals surface area contributed by atoms with Crippen LogP contribution in [-0.4, -0.2) is 50.4 Å². The second-order valence-electron chi connectivity index (χ2n) is 5.97. The molecule has 1 N–H and O–H groups in total. The zero-order valence-electron chi connectivity index (χ0n) is 13.6. The first-order chi connectivity index (χ1) is 11.2. The molecule has 1 aliphatic rings. The van der Waals surface area contributed by atoms with Crippen molar-refractivity contribution in [3.8, 4) is 0 Å². The summed E-state index contributed by atoms with van der Waals surface area (Å²) in [6.45, 7) is 1.29. The molecule has 0 aromatic heterocycles. The van der Waals surface area contributed by atoms with Crippen LogP contribution in [-0.2, 0) is 15.8 Å². The summed E-state index contributed by atoms with van der Waals surface area (Å²) in [7, 11) is 3.73. The number of amides is 2. The number of halogens is 3. The van der Waals surface area contributed by atoms with E-state index in [0.717, 1.165) is 12.1 Å². The number of likely N-dealkylation sites (N-methyl/N-ethyl adjacent to an activating group) is 1. The van der Waals surface area contributed by atoms with E-state index in [1.807, 2.05) is 19.0 Å². The number of alkyl halides is 3. The predicted molar refractivity (Wildman–Crippen MR) is 83.5 cm³/mol. The zero-order valence-corrected chi connectivity index (χ0v) is 13.6. The fourth-order valence-corrected chi connectivity index (χ4v) is 2.56. The number of nitrogens with one attached hydrogen (secondary N) is 1. The van der Waals surface area contributed by atoms with Gasteiger partial charge < -0.3 is 15.1 Å². The highest BCUT2D eigenvalue weighted by atomic mass is 19.4. The Morgan fingerprint density at radius 1 is 1.38 bits per heavy atom. The lowest BCUT2D eigenvalue weighted by atomic mass is 10.1. The first-order valence-electron chi connectivity index (χ1n) is 7.61. The van der Waals surface area contributed by atoms with Crippen molar-refractivity contribution in [3.63, 3.8) is 0 Å². The number of rotatable bonds is 5. The number of anilines is 1. The Labute approximate surface area is 138 Å². The van der Waals surface area contributed by atoms with Crippen LogP contribution in [0.3, 0.4) is 0 Å². The van der Waals surface area contributed by atoms with Gasteiger partial charge in [0.1, 0.15) is 5.92 Å². The molecule has 2 rings (SSSR count). The normalized spacial score (nSPS) is 18.3. The molecule has 0 bridgehead atoms. The number of nitrogens with zero attached hydrogens (tertiary/aromatic N) is 2. The standard InChI is InChI=1S/C16H20F3N3O2/c1-21(2)9-7-20-14(23)13-6-8-22(15(13)24)12-5-3-4-11(10-12)16(17,18)19/h3-5,10,13H,6-9H2,1-2H3,(H,20,23). The van der Waals surface area contributed by atoms with Crippen LogP contribution in [0.4, 0.5) is 18.9 Å². The zero-order chi connectivity index (χ0) is 17.9. The van der Waals surface area contributed by atoms with Crippen LogP contribution in [0.15, 0.2) is 24.3 Å². The average Bonchev–Trinajstić information content (AvgIpc) is 2.88. The molecular weight excluding hydrogens is 323 g/mol. The van der Waals surface area contributed by atoms with Gasteiger partial charge in [-0.05, 0) is 38.7 Å². The predicted octanol–water partition coefficient (Wildman–Crippen LogP) is 1.74. The third kappa shape index (κ3) is 4.25. The van der Waals surface area contributed by atoms with Crippen LogP contribution in [0.5, 0.6) is 0 Å². The minimum absolute atomic E-state index is 0.165. The molecule has 0 aliphatic carbocycles. The molecule has 1 fully saturated rings. The van der Waals surface area contributed by atoms with Crippen molar-refractivity contribution in [3.05, 3.63) is 29.8 Å². The topological polar surface area (TPSA) is 52.7 Å². The first-order valence-corrected chi connectivity index (χ1v) is 7.61. The SMILES string of the molecule is CN(C)CCNC(=O)C1CCN(c2cccc(C(F)(F)F)c2)C1=O. The van der Waals surface area contributed by atoms with Gasteiger partial charge in [0.2, 0.25) is 11.8 Å². The number of carbonyl (C=O) groups is 2. The van der Waals surface area contributed by atoms with E-state index in [4.69, 9.17) is 0 Å². The van der Waals surface area contributed by atoms with Crippen LogP contribution in [0.1, 0.15) is 12.0 Å². The Morgan fingerprint density at radius 2 is 2.08 bits per heavy atom. The van der Waals surface area contributed by atoms with E-state index in [1.54, 1.807) is 0 Å². The molecular formula is C16H20F3N3O2. The van der Waals surface area contributed by atoms with Crippen molar-refractivity contribution in [1.82, 2.24) is 10.2 Å². The van der Waals surface area contributed by atoms with E-state index in [-0.39, 0.29) is 18.1 Å². The minimum atomic E-state index is -4.47. The molecule has 8 heteroatoms. The van der Waals surface area contributed by atoms with E-state index in [1.165, 1.54) is 17.0 Å². The summed E-state index contributed by atoms with van der Waals surface area (Å²) in [6, 6.07) is 4.59. The lowest BCUT2D eigenvalue weighted by Gasteiger charge is -2.18. The molecule has 0 saturated carbocycles. The highest BCUT2D eigenvalue weighted by molar-refractivity contribution is 6.09. The molecule has 1 atom stereocenters. The summed E-state index contributed by atoms with van der Waals surface area (Å²) in [5.74, 6) is -1.69. The molecule has 2 amide bonds. The summed E-state index contributed by atoms with van der Waals surface area (Å²) >= 11 is 0. The van der Waals surface area contributed by atoms with Crippen molar-refractivity contribution >= 4 is 17.5 Å². The number of carbonyl (C=O) groups excluding carboxylic acids is 2. The largest absolute Gasteiger partial charge is 0.416 e. The Hall–Kier alpha value is -2.09. The maximum absolute atomic E-state index is 12.8. The minimum Gasteiger partial charge on any atom is -0.354 e. The average molecular weight is 343 g/mol. The molecule has 1 saturated heterocycles. The van der Waals surface area contributed by atoms with Gasteiger partial charge in [0.25, 0.3) is 0 Å². The van der Waals surface area contributed by atoms with E-state index < -0.39 is 23.6 Å². The van der Waals surface area contributed by atoms with Gasteiger partial charge in [-0.1, -0.05) is 6.07 Å². The van der Waals surface area contributed by atoms with E-state index in [0.29, 0.717) is 19.5 Å². The maximum atomic E-state index is 12.8. The molecule has 1 unspecified atom stereocenters. The van der Waals surface area contributed by atoms with Crippen LogP contribution < -0.4 is 10.2 Å². The summed E-state index contributed by atoms with van der Waals surface area (Å²) in [6.07, 6.45) is -4.18. The summed E-state index contributed by atoms with van der Waals surface area (Å²) < 4.78 is 38.4. The molecule has 1 aliphatic heterocycles. The molecule has 24 heavy (non-hydrogen) atoms. The molecule has 0 spiro atoms. The molecule has 1 heterocycles. The lowest BCUT2D eigenvalue weighted by molar-refractivity contribution is -0.138. The molecule has 132 valence electrons. The number of hydrogen-bond donors (Lipinski definition) is 1. The summed E-state index contributed by atoms with van der Waals surface area (Å²) in [4.78, 5) is 27.6. The van der Waals surface area contributed by atoms with Gasteiger partial charge in [-0.3, -0.25) is 9.59 Å². The quantitative estimate of drug-likeness (QED) is 0.829. The fraction of sp³-hybridized carbons (Fsp3) is 0.500. The van der Waals surface area contributed by atoms with Crippen molar-refractivity contribution in [2.45, 2.75) is 12.6 Å². The van der Waals surface area contributed by atoms with Crippen molar-refractivity contribution in [1.29, 1.82) is 0 Å². The monoisotopic (exact) mass is 343 g/mol. The van der Waals surface area contributed by atoms with Gasteiger partial charge in [-0.15, -0.1) is 0 Å². The second kappa shape index (κ2) is 7.21. The molecule has 0 radical (unpaired) electrons. The van der Waals surface area contributed by atoms with E-state index in [2.05, 4.69) is 5.32 Å². The Balaban J connectivity index is 2.05. The van der Waals surface area contributed by atoms with Crippen LogP contribution in [0.2, 0.25) is 0 Å². The Bertz CT molecular complexity index is 617. The highest BCUT2D eigenvalue weighted by Gasteiger charge is 2.38. The maximum Gasteiger partial charge on any atom is 0.416 e. The van der Waals surface area contributed by atoms with Crippen molar-refractivity contribution in [2.24, 2.45) is 5.92 Å². The van der Waals surface area contributed by atoms with E-state index in [9.17, 15) is 22.8 Å². The van der Waals surface area contributed by atoms with Gasteiger partial charge in [0.15, 0.2) is 0 Å². The van der Waals surface area contributed by atoms with Gasteiger partial charge in [-0.2, -0.15) is 13.2 Å². The third-order valence-electron chi connectivity index (χ3n) is 3.87. The molecule has 1 aromatic carbocycles. The van der Waals surface area contributed by atoms with E-state index >= 15 is 0 Å². The van der Waals surface area contributed by atoms with Crippen LogP contribution in [0, 0.1) is 5.92 Å². The second-order valence-corrected chi connectivity index (χ2v) is 5.97. The van der Waals surface area contributed by atoms with Crippen LogP contribution in [0.25, 0.3) is 0 Å². The highest BCUT2D eigenvalue weighted by Crippen LogP contribution is 2.33. The van der Waals surface area contributed by atoms with Crippen molar-refractivity contribution < 1.29 is 22.8 Å². The summed E-state index contributed by atoms with van der Waals surface area (Å²) in [5.41, 5.74) is -0.648. The van der Waals surface area contributed by atoms with Crippen LogP contribution >= 0.6 is 0 Å². The number of benzene rings is 1. The van der Waals surface area contributed by atoms with Gasteiger partial charge >= 0.3 is 6.18 Å². The third-order valence-corrected chi connectivity index (χ3v) is 3.87. The Morgan fingerprint density at radius 3 is 2.71 bits per heavy atom. The first kappa shape index (κ1) is 18.3. The molecule has 5 nitrogen and oxygen atoms in total. The smallest absolute Gasteiger partial charge is 0.354 e. The number of hydrogen-bond acceptors (Lipinski definition) is 3. The lowest BCUT2D eigenvalue weighted by Crippen LogP contribution is -2.39. The van der Waals surface area contributed by atoms with Gasteiger partial charge in [0, 0.05) is 25.3 Å². The fourth-order valence-electron chi connectivity index (χ4n) is 2.56. The van der Waals surface area contributed by atoms with Gasteiger partial charge in [-0.25, -0.2) is 0 Å². The Kier molecular flexibility index (Phi) is 5.48. The van der Waals surface area contributed by atoms with Gasteiger partial charge in [0.05, 0.1) is 5.56 Å².